The molecule has 1 aromatic heterocycles. The molecule has 7 heteroatoms. The molecule has 0 amide bonds. The standard InChI is InChI=1S/C24H35N5O.HI/c1-25-24(29-14-11-22(18-29)28-12-5-6-13-28)26-16-20-8-3-4-9-21(20)17-27(2)19-23-10-7-15-30-23;/h3-4,7-10,15,22H,5-6,11-14,16-19H2,1-2H3,(H,25,26);1H. The van der Waals surface area contributed by atoms with Crippen molar-refractivity contribution in [3.8, 4) is 0 Å². The number of rotatable bonds is 7. The van der Waals surface area contributed by atoms with Gasteiger partial charge in [-0.1, -0.05) is 24.3 Å². The predicted molar refractivity (Wildman–Crippen MR) is 137 cm³/mol. The van der Waals surface area contributed by atoms with Gasteiger partial charge in [0.2, 0.25) is 0 Å². The van der Waals surface area contributed by atoms with Crippen LogP contribution >= 0.6 is 24.0 Å². The fourth-order valence-corrected chi connectivity index (χ4v) is 4.75. The second-order valence-electron chi connectivity index (χ2n) is 8.55. The summed E-state index contributed by atoms with van der Waals surface area (Å²) in [7, 11) is 4.03. The molecule has 6 nitrogen and oxygen atoms in total. The van der Waals surface area contributed by atoms with E-state index in [1.54, 1.807) is 6.26 Å². The van der Waals surface area contributed by atoms with Crippen LogP contribution in [0.25, 0.3) is 0 Å². The van der Waals surface area contributed by atoms with Gasteiger partial charge in [-0.25, -0.2) is 0 Å². The summed E-state index contributed by atoms with van der Waals surface area (Å²) in [6, 6.07) is 13.3. The van der Waals surface area contributed by atoms with Crippen LogP contribution in [0.1, 0.15) is 36.1 Å². The van der Waals surface area contributed by atoms with E-state index < -0.39 is 0 Å². The van der Waals surface area contributed by atoms with Crippen LogP contribution in [-0.2, 0) is 19.6 Å². The van der Waals surface area contributed by atoms with Crippen LogP contribution < -0.4 is 5.32 Å². The predicted octanol–water partition coefficient (Wildman–Crippen LogP) is 3.78. The second-order valence-corrected chi connectivity index (χ2v) is 8.55. The highest BCUT2D eigenvalue weighted by Gasteiger charge is 2.30. The summed E-state index contributed by atoms with van der Waals surface area (Å²) in [6.45, 7) is 7.21. The minimum absolute atomic E-state index is 0. The minimum atomic E-state index is 0. The first kappa shape index (κ1) is 24.1. The van der Waals surface area contributed by atoms with Gasteiger partial charge in [0.15, 0.2) is 5.96 Å². The lowest BCUT2D eigenvalue weighted by atomic mass is 10.1. The molecule has 3 heterocycles. The topological polar surface area (TPSA) is 47.3 Å². The van der Waals surface area contributed by atoms with Gasteiger partial charge in [0.05, 0.1) is 12.8 Å². The van der Waals surface area contributed by atoms with Gasteiger partial charge in [0, 0.05) is 39.3 Å². The van der Waals surface area contributed by atoms with E-state index in [0.29, 0.717) is 6.04 Å². The molecule has 1 atom stereocenters. The average molecular weight is 537 g/mol. The van der Waals surface area contributed by atoms with E-state index in [1.807, 2.05) is 19.2 Å². The quantitative estimate of drug-likeness (QED) is 0.331. The zero-order valence-corrected chi connectivity index (χ0v) is 21.1. The molecule has 1 N–H and O–H groups in total. The molecule has 2 aromatic rings. The molecule has 2 saturated heterocycles. The molecule has 1 aromatic carbocycles. The van der Waals surface area contributed by atoms with Crippen molar-refractivity contribution in [2.24, 2.45) is 4.99 Å². The Bertz CT molecular complexity index is 819. The number of likely N-dealkylation sites (tertiary alicyclic amines) is 2. The summed E-state index contributed by atoms with van der Waals surface area (Å²) in [5, 5.41) is 3.62. The third kappa shape index (κ3) is 6.46. The molecule has 0 spiro atoms. The maximum absolute atomic E-state index is 5.49. The van der Waals surface area contributed by atoms with Crippen molar-refractivity contribution in [2.75, 3.05) is 40.3 Å². The largest absolute Gasteiger partial charge is 0.468 e. The summed E-state index contributed by atoms with van der Waals surface area (Å²) >= 11 is 0. The van der Waals surface area contributed by atoms with E-state index in [2.05, 4.69) is 56.3 Å². The van der Waals surface area contributed by atoms with Gasteiger partial charge in [-0.2, -0.15) is 0 Å². The van der Waals surface area contributed by atoms with Gasteiger partial charge in [-0.3, -0.25) is 14.8 Å². The van der Waals surface area contributed by atoms with Gasteiger partial charge < -0.3 is 14.6 Å². The molecule has 2 aliphatic rings. The number of nitrogens with one attached hydrogen (secondary N) is 1. The first-order valence-electron chi connectivity index (χ1n) is 11.2. The summed E-state index contributed by atoms with van der Waals surface area (Å²) in [5.41, 5.74) is 2.66. The Balaban J connectivity index is 0.00000272. The number of nitrogens with zero attached hydrogens (tertiary/aromatic N) is 4. The molecule has 0 radical (unpaired) electrons. The molecule has 170 valence electrons. The molecule has 0 aliphatic carbocycles. The Morgan fingerprint density at radius 2 is 1.87 bits per heavy atom. The first-order valence-corrected chi connectivity index (χ1v) is 11.2. The van der Waals surface area contributed by atoms with Crippen LogP contribution in [0, 0.1) is 0 Å². The van der Waals surface area contributed by atoms with E-state index in [4.69, 9.17) is 4.42 Å². The monoisotopic (exact) mass is 537 g/mol. The van der Waals surface area contributed by atoms with Crippen molar-refractivity contribution in [3.05, 3.63) is 59.5 Å². The number of hydrogen-bond donors (Lipinski definition) is 1. The van der Waals surface area contributed by atoms with Crippen molar-refractivity contribution < 1.29 is 4.42 Å². The lowest BCUT2D eigenvalue weighted by Crippen LogP contribution is -2.42. The summed E-state index contributed by atoms with van der Waals surface area (Å²) in [5.74, 6) is 2.02. The van der Waals surface area contributed by atoms with E-state index in [-0.39, 0.29) is 24.0 Å². The van der Waals surface area contributed by atoms with Crippen molar-refractivity contribution in [1.29, 1.82) is 0 Å². The average Bonchev–Trinajstić information content (AvgIpc) is 3.52. The van der Waals surface area contributed by atoms with Gasteiger partial charge in [0.1, 0.15) is 5.76 Å². The van der Waals surface area contributed by atoms with Crippen LogP contribution in [0.5, 0.6) is 0 Å². The fraction of sp³-hybridized carbons (Fsp3) is 0.542. The molecular formula is C24H36IN5O. The van der Waals surface area contributed by atoms with Crippen LogP contribution in [0.15, 0.2) is 52.1 Å². The van der Waals surface area contributed by atoms with Crippen molar-refractivity contribution in [1.82, 2.24) is 20.0 Å². The van der Waals surface area contributed by atoms with E-state index in [1.165, 1.54) is 43.5 Å². The lowest BCUT2D eigenvalue weighted by molar-refractivity contribution is 0.249. The van der Waals surface area contributed by atoms with Crippen molar-refractivity contribution in [3.63, 3.8) is 0 Å². The molecule has 2 fully saturated rings. The Labute approximate surface area is 203 Å². The van der Waals surface area contributed by atoms with Crippen LogP contribution in [0.3, 0.4) is 0 Å². The molecular weight excluding hydrogens is 501 g/mol. The molecule has 0 saturated carbocycles. The minimum Gasteiger partial charge on any atom is -0.468 e. The Kier molecular flexibility index (Phi) is 9.22. The van der Waals surface area contributed by atoms with Crippen LogP contribution in [-0.4, -0.2) is 67.0 Å². The van der Waals surface area contributed by atoms with Gasteiger partial charge in [0.25, 0.3) is 0 Å². The first-order chi connectivity index (χ1) is 14.7. The molecule has 0 bridgehead atoms. The Hall–Kier alpha value is -1.58. The van der Waals surface area contributed by atoms with E-state index >= 15 is 0 Å². The number of aliphatic imine (C=N–C) groups is 1. The molecule has 2 aliphatic heterocycles. The summed E-state index contributed by atoms with van der Waals surface area (Å²) in [4.78, 5) is 12.0. The van der Waals surface area contributed by atoms with Gasteiger partial charge in [-0.05, 0) is 62.7 Å². The Morgan fingerprint density at radius 1 is 1.10 bits per heavy atom. The normalized spacial score (nSPS) is 19.8. The number of furan rings is 1. The highest BCUT2D eigenvalue weighted by atomic mass is 127. The molecule has 31 heavy (non-hydrogen) atoms. The van der Waals surface area contributed by atoms with Crippen molar-refractivity contribution in [2.45, 2.75) is 44.9 Å². The fourth-order valence-electron chi connectivity index (χ4n) is 4.75. The molecule has 4 rings (SSSR count). The third-order valence-electron chi connectivity index (χ3n) is 6.33. The van der Waals surface area contributed by atoms with Crippen LogP contribution in [0.4, 0.5) is 0 Å². The Morgan fingerprint density at radius 3 is 2.58 bits per heavy atom. The smallest absolute Gasteiger partial charge is 0.193 e. The summed E-state index contributed by atoms with van der Waals surface area (Å²) in [6.07, 6.45) is 5.69. The lowest BCUT2D eigenvalue weighted by Gasteiger charge is -2.26. The maximum Gasteiger partial charge on any atom is 0.193 e. The number of halogens is 1. The zero-order valence-electron chi connectivity index (χ0n) is 18.8. The summed E-state index contributed by atoms with van der Waals surface area (Å²) < 4.78 is 5.49. The number of hydrogen-bond acceptors (Lipinski definition) is 4. The van der Waals surface area contributed by atoms with Gasteiger partial charge >= 0.3 is 0 Å². The van der Waals surface area contributed by atoms with Crippen LogP contribution in [0.2, 0.25) is 0 Å². The SMILES string of the molecule is CN=C(NCc1ccccc1CN(C)Cc1ccco1)N1CCC(N2CCCC2)C1.I. The van der Waals surface area contributed by atoms with E-state index in [0.717, 1.165) is 44.4 Å². The third-order valence-corrected chi connectivity index (χ3v) is 6.33. The molecule has 1 unspecified atom stereocenters. The van der Waals surface area contributed by atoms with Crippen molar-refractivity contribution >= 4 is 29.9 Å². The number of benzene rings is 1. The van der Waals surface area contributed by atoms with E-state index in [9.17, 15) is 0 Å². The highest BCUT2D eigenvalue weighted by molar-refractivity contribution is 14.0. The number of guanidine groups is 1. The zero-order chi connectivity index (χ0) is 20.8. The maximum atomic E-state index is 5.49. The highest BCUT2D eigenvalue weighted by Crippen LogP contribution is 2.21. The van der Waals surface area contributed by atoms with Gasteiger partial charge in [-0.15, -0.1) is 24.0 Å². The second kappa shape index (κ2) is 11.9.